The van der Waals surface area contributed by atoms with Gasteiger partial charge in [0.2, 0.25) is 0 Å². The third-order valence-corrected chi connectivity index (χ3v) is 6.64. The number of amides is 2. The molecule has 1 aromatic rings. The Morgan fingerprint density at radius 3 is 2.33 bits per heavy atom. The standard InChI is InChI=1S/C26H43N5O5/c1-7-35-22(33)15-30(25(27)34)14-19(13-21(32)36-26(4,5)6)24-29-28-23(31(24)20-8-9-20)18-11-17(12-18)10-16(2)3/h16-20H,7-15H2,1-6H3,(H2,27,34)/t17?,18?,19-/m1/s1. The summed E-state index contributed by atoms with van der Waals surface area (Å²) in [4.78, 5) is 38.4. The Kier molecular flexibility index (Phi) is 9.00. The van der Waals surface area contributed by atoms with E-state index in [2.05, 4.69) is 28.6 Å². The van der Waals surface area contributed by atoms with Gasteiger partial charge in [0, 0.05) is 24.4 Å². The lowest BCUT2D eigenvalue weighted by molar-refractivity contribution is -0.155. The SMILES string of the molecule is CCOC(=O)CN(C[C@@H](CC(=O)OC(C)(C)C)c1nnc(C2CC(CC(C)C)C2)n1C1CC1)C(N)=O. The summed E-state index contributed by atoms with van der Waals surface area (Å²) in [6.07, 6.45) is 5.45. The van der Waals surface area contributed by atoms with Crippen molar-refractivity contribution in [1.29, 1.82) is 0 Å². The molecule has 2 aliphatic carbocycles. The molecule has 2 fully saturated rings. The van der Waals surface area contributed by atoms with Gasteiger partial charge in [-0.1, -0.05) is 13.8 Å². The molecule has 10 heteroatoms. The summed E-state index contributed by atoms with van der Waals surface area (Å²) in [6, 6.07) is -0.465. The quantitative estimate of drug-likeness (QED) is 0.426. The lowest BCUT2D eigenvalue weighted by Gasteiger charge is -2.36. The van der Waals surface area contributed by atoms with E-state index < -0.39 is 29.5 Å². The fourth-order valence-corrected chi connectivity index (χ4v) is 5.07. The van der Waals surface area contributed by atoms with Crippen molar-refractivity contribution in [2.45, 2.75) is 104 Å². The van der Waals surface area contributed by atoms with Crippen LogP contribution >= 0.6 is 0 Å². The van der Waals surface area contributed by atoms with Gasteiger partial charge in [-0.3, -0.25) is 9.59 Å². The molecule has 36 heavy (non-hydrogen) atoms. The number of carbonyl (C=O) groups excluding carboxylic acids is 3. The van der Waals surface area contributed by atoms with Crippen molar-refractivity contribution in [2.75, 3.05) is 19.7 Å². The molecule has 0 saturated heterocycles. The summed E-state index contributed by atoms with van der Waals surface area (Å²) in [6.45, 7) is 11.6. The van der Waals surface area contributed by atoms with Crippen LogP contribution in [0.3, 0.4) is 0 Å². The van der Waals surface area contributed by atoms with Crippen molar-refractivity contribution in [1.82, 2.24) is 19.7 Å². The smallest absolute Gasteiger partial charge is 0.325 e. The van der Waals surface area contributed by atoms with Gasteiger partial charge < -0.3 is 24.7 Å². The third kappa shape index (κ3) is 7.67. The van der Waals surface area contributed by atoms with Gasteiger partial charge in [-0.05, 0) is 71.6 Å². The number of nitrogens with zero attached hydrogens (tertiary/aromatic N) is 4. The van der Waals surface area contributed by atoms with Crippen LogP contribution in [0.4, 0.5) is 4.79 Å². The number of rotatable bonds is 12. The number of nitrogens with two attached hydrogens (primary N) is 1. The zero-order valence-corrected chi connectivity index (χ0v) is 22.7. The van der Waals surface area contributed by atoms with Gasteiger partial charge in [-0.25, -0.2) is 4.79 Å². The van der Waals surface area contributed by atoms with Gasteiger partial charge in [0.05, 0.1) is 13.0 Å². The second-order valence-electron chi connectivity index (χ2n) is 11.7. The summed E-state index contributed by atoms with van der Waals surface area (Å²) in [5.74, 6) is 1.88. The molecule has 3 rings (SSSR count). The van der Waals surface area contributed by atoms with Crippen LogP contribution in [0.15, 0.2) is 0 Å². The Labute approximate surface area is 214 Å². The molecule has 10 nitrogen and oxygen atoms in total. The molecule has 1 aromatic heterocycles. The Hall–Kier alpha value is -2.65. The normalized spacial score (nSPS) is 20.5. The molecule has 202 valence electrons. The molecule has 0 aromatic carbocycles. The van der Waals surface area contributed by atoms with E-state index in [0.29, 0.717) is 29.6 Å². The fraction of sp³-hybridized carbons (Fsp3) is 0.808. The average molecular weight is 506 g/mol. The number of aromatic nitrogens is 3. The number of primary amides is 1. The first kappa shape index (κ1) is 27.9. The van der Waals surface area contributed by atoms with E-state index in [1.54, 1.807) is 6.92 Å². The van der Waals surface area contributed by atoms with Crippen molar-refractivity contribution in [3.8, 4) is 0 Å². The summed E-state index contributed by atoms with van der Waals surface area (Å²) < 4.78 is 12.8. The predicted octanol–water partition coefficient (Wildman–Crippen LogP) is 3.91. The highest BCUT2D eigenvalue weighted by atomic mass is 16.6. The van der Waals surface area contributed by atoms with E-state index in [1.807, 2.05) is 20.8 Å². The van der Waals surface area contributed by atoms with E-state index in [-0.39, 0.29) is 26.1 Å². The van der Waals surface area contributed by atoms with Gasteiger partial charge in [0.15, 0.2) is 0 Å². The van der Waals surface area contributed by atoms with E-state index in [4.69, 9.17) is 15.2 Å². The largest absolute Gasteiger partial charge is 0.465 e. The summed E-state index contributed by atoms with van der Waals surface area (Å²) in [5, 5.41) is 9.15. The van der Waals surface area contributed by atoms with Crippen molar-refractivity contribution in [2.24, 2.45) is 17.6 Å². The molecule has 1 atom stereocenters. The molecule has 2 saturated carbocycles. The minimum Gasteiger partial charge on any atom is -0.465 e. The number of hydrogen-bond donors (Lipinski definition) is 1. The Morgan fingerprint density at radius 2 is 1.81 bits per heavy atom. The topological polar surface area (TPSA) is 130 Å². The highest BCUT2D eigenvalue weighted by molar-refractivity contribution is 5.80. The molecule has 2 amide bonds. The van der Waals surface area contributed by atoms with Crippen LogP contribution in [-0.4, -0.2) is 62.9 Å². The van der Waals surface area contributed by atoms with Gasteiger partial charge in [-0.15, -0.1) is 10.2 Å². The molecule has 0 radical (unpaired) electrons. The van der Waals surface area contributed by atoms with Crippen LogP contribution in [0.2, 0.25) is 0 Å². The maximum atomic E-state index is 12.9. The van der Waals surface area contributed by atoms with Crippen molar-refractivity contribution < 1.29 is 23.9 Å². The van der Waals surface area contributed by atoms with Crippen molar-refractivity contribution >= 4 is 18.0 Å². The minimum atomic E-state index is -0.759. The maximum absolute atomic E-state index is 12.9. The summed E-state index contributed by atoms with van der Waals surface area (Å²) in [7, 11) is 0. The van der Waals surface area contributed by atoms with Crippen molar-refractivity contribution in [3.63, 3.8) is 0 Å². The third-order valence-electron chi connectivity index (χ3n) is 6.64. The first-order chi connectivity index (χ1) is 16.9. The average Bonchev–Trinajstić information content (AvgIpc) is 3.46. The van der Waals surface area contributed by atoms with E-state index in [9.17, 15) is 14.4 Å². The zero-order chi connectivity index (χ0) is 26.6. The zero-order valence-electron chi connectivity index (χ0n) is 22.7. The molecule has 0 spiro atoms. The van der Waals surface area contributed by atoms with Gasteiger partial charge in [0.1, 0.15) is 23.8 Å². The molecule has 0 bridgehead atoms. The Balaban J connectivity index is 1.87. The van der Waals surface area contributed by atoms with E-state index >= 15 is 0 Å². The van der Waals surface area contributed by atoms with Crippen LogP contribution in [0.25, 0.3) is 0 Å². The molecular weight excluding hydrogens is 462 g/mol. The van der Waals surface area contributed by atoms with Gasteiger partial charge in [0.25, 0.3) is 0 Å². The number of ether oxygens (including phenoxy) is 2. The lowest BCUT2D eigenvalue weighted by atomic mass is 9.71. The monoisotopic (exact) mass is 505 g/mol. The first-order valence-electron chi connectivity index (χ1n) is 13.2. The van der Waals surface area contributed by atoms with E-state index in [0.717, 1.165) is 31.5 Å². The van der Waals surface area contributed by atoms with E-state index in [1.165, 1.54) is 11.3 Å². The van der Waals surface area contributed by atoms with Crippen LogP contribution in [0, 0.1) is 11.8 Å². The molecule has 0 unspecified atom stereocenters. The Morgan fingerprint density at radius 1 is 1.14 bits per heavy atom. The number of carbonyl (C=O) groups is 3. The molecule has 2 N–H and O–H groups in total. The number of urea groups is 1. The maximum Gasteiger partial charge on any atom is 0.325 e. The second-order valence-corrected chi connectivity index (χ2v) is 11.7. The van der Waals surface area contributed by atoms with Crippen LogP contribution in [0.1, 0.15) is 110 Å². The lowest BCUT2D eigenvalue weighted by Crippen LogP contribution is -2.43. The van der Waals surface area contributed by atoms with Crippen LogP contribution in [-0.2, 0) is 19.1 Å². The molecule has 0 aliphatic heterocycles. The number of esters is 2. The fourth-order valence-electron chi connectivity index (χ4n) is 5.07. The highest BCUT2D eigenvalue weighted by Gasteiger charge is 2.40. The highest BCUT2D eigenvalue weighted by Crippen LogP contribution is 2.47. The summed E-state index contributed by atoms with van der Waals surface area (Å²) >= 11 is 0. The van der Waals surface area contributed by atoms with Gasteiger partial charge >= 0.3 is 18.0 Å². The van der Waals surface area contributed by atoms with Crippen LogP contribution < -0.4 is 5.73 Å². The van der Waals surface area contributed by atoms with Gasteiger partial charge in [-0.2, -0.15) is 0 Å². The second kappa shape index (κ2) is 11.6. The molecular formula is C26H43N5O5. The Bertz CT molecular complexity index is 928. The molecule has 1 heterocycles. The van der Waals surface area contributed by atoms with Crippen molar-refractivity contribution in [3.05, 3.63) is 11.6 Å². The molecule has 2 aliphatic rings. The summed E-state index contributed by atoms with van der Waals surface area (Å²) in [5.41, 5.74) is 4.96. The predicted molar refractivity (Wildman–Crippen MR) is 134 cm³/mol. The minimum absolute atomic E-state index is 0.00459. The van der Waals surface area contributed by atoms with Crippen LogP contribution in [0.5, 0.6) is 0 Å². The first-order valence-corrected chi connectivity index (χ1v) is 13.2. The number of hydrogen-bond acceptors (Lipinski definition) is 7.